The molecule has 2 aromatic rings. The van der Waals surface area contributed by atoms with E-state index in [9.17, 15) is 14.7 Å². The zero-order chi connectivity index (χ0) is 20.4. The van der Waals surface area contributed by atoms with Crippen molar-refractivity contribution in [2.45, 2.75) is 6.92 Å². The first kappa shape index (κ1) is 20.1. The molecular weight excluding hydrogens is 424 g/mol. The van der Waals surface area contributed by atoms with Crippen LogP contribution in [-0.4, -0.2) is 48.9 Å². The first-order valence-corrected chi connectivity index (χ1v) is 9.60. The van der Waals surface area contributed by atoms with E-state index in [1.165, 1.54) is 0 Å². The van der Waals surface area contributed by atoms with Crippen molar-refractivity contribution in [3.05, 3.63) is 51.5 Å². The summed E-state index contributed by atoms with van der Waals surface area (Å²) < 4.78 is 5.92. The summed E-state index contributed by atoms with van der Waals surface area (Å²) in [7, 11) is 3.67. The number of benzene rings is 2. The van der Waals surface area contributed by atoms with Crippen LogP contribution in [0.2, 0.25) is 0 Å². The average molecular weight is 445 g/mol. The molecule has 1 aliphatic heterocycles. The van der Waals surface area contributed by atoms with Crippen LogP contribution in [0, 0.1) is 0 Å². The number of amides is 1. The van der Waals surface area contributed by atoms with Crippen molar-refractivity contribution in [1.29, 1.82) is 0 Å². The van der Waals surface area contributed by atoms with Crippen LogP contribution < -0.4 is 10.1 Å². The summed E-state index contributed by atoms with van der Waals surface area (Å²) in [6.07, 6.45) is 1.72. The van der Waals surface area contributed by atoms with Gasteiger partial charge in [-0.3, -0.25) is 9.59 Å². The molecule has 28 heavy (non-hydrogen) atoms. The standard InChI is InChI=1S/C21H21BrN2O4/c1-4-28-19-9-12(8-16(22)20(19)26)7-15-14-10-13(18(25)11-24(2)3)5-6-17(14)23-21(15)27/h5-10,26H,4,11H2,1-3H3,(H,23,27). The molecule has 0 fully saturated rings. The fraction of sp³-hybridized carbons (Fsp3) is 0.238. The van der Waals surface area contributed by atoms with Gasteiger partial charge in [0.05, 0.1) is 17.6 Å². The van der Waals surface area contributed by atoms with Gasteiger partial charge in [0, 0.05) is 22.4 Å². The zero-order valence-corrected chi connectivity index (χ0v) is 17.5. The van der Waals surface area contributed by atoms with E-state index in [-0.39, 0.29) is 17.4 Å². The number of nitrogens with zero attached hydrogens (tertiary/aromatic N) is 1. The van der Waals surface area contributed by atoms with E-state index >= 15 is 0 Å². The largest absolute Gasteiger partial charge is 0.503 e. The summed E-state index contributed by atoms with van der Waals surface area (Å²) in [4.78, 5) is 26.7. The summed E-state index contributed by atoms with van der Waals surface area (Å²) in [6, 6.07) is 8.58. The van der Waals surface area contributed by atoms with E-state index in [2.05, 4.69) is 21.2 Å². The molecule has 0 saturated carbocycles. The highest BCUT2D eigenvalue weighted by atomic mass is 79.9. The Morgan fingerprint density at radius 2 is 2.04 bits per heavy atom. The van der Waals surface area contributed by atoms with Crippen LogP contribution in [-0.2, 0) is 4.79 Å². The number of anilines is 1. The second kappa shape index (κ2) is 8.16. The average Bonchev–Trinajstić information content (AvgIpc) is 2.93. The SMILES string of the molecule is CCOc1cc(C=C2C(=O)Nc3ccc(C(=O)CN(C)C)cc32)cc(Br)c1O. The van der Waals surface area contributed by atoms with E-state index in [4.69, 9.17) is 4.74 Å². The Labute approximate surface area is 171 Å². The normalized spacial score (nSPS) is 14.3. The molecule has 2 N–H and O–H groups in total. The highest BCUT2D eigenvalue weighted by Gasteiger charge is 2.25. The van der Waals surface area contributed by atoms with Crippen LogP contribution in [0.4, 0.5) is 5.69 Å². The number of nitrogens with one attached hydrogen (secondary N) is 1. The second-order valence-electron chi connectivity index (χ2n) is 6.72. The molecule has 0 aliphatic carbocycles. The van der Waals surface area contributed by atoms with Crippen molar-refractivity contribution in [2.24, 2.45) is 0 Å². The number of fused-ring (bicyclic) bond motifs is 1. The Balaban J connectivity index is 2.03. The zero-order valence-electron chi connectivity index (χ0n) is 15.9. The third-order valence-corrected chi connectivity index (χ3v) is 4.85. The maximum Gasteiger partial charge on any atom is 0.256 e. The lowest BCUT2D eigenvalue weighted by molar-refractivity contribution is -0.110. The number of likely N-dealkylation sites (N-methyl/N-ethyl adjacent to an activating group) is 1. The van der Waals surface area contributed by atoms with Crippen molar-refractivity contribution < 1.29 is 19.4 Å². The molecule has 3 rings (SSSR count). The van der Waals surface area contributed by atoms with Gasteiger partial charge >= 0.3 is 0 Å². The molecule has 0 atom stereocenters. The Bertz CT molecular complexity index is 983. The van der Waals surface area contributed by atoms with Gasteiger partial charge in [0.15, 0.2) is 17.3 Å². The minimum atomic E-state index is -0.241. The van der Waals surface area contributed by atoms with Gasteiger partial charge in [0.1, 0.15) is 0 Å². The van der Waals surface area contributed by atoms with Gasteiger partial charge in [-0.1, -0.05) is 0 Å². The highest BCUT2D eigenvalue weighted by molar-refractivity contribution is 9.10. The molecule has 0 radical (unpaired) electrons. The van der Waals surface area contributed by atoms with Crippen molar-refractivity contribution in [3.63, 3.8) is 0 Å². The molecule has 0 aromatic heterocycles. The number of hydrogen-bond donors (Lipinski definition) is 2. The molecule has 6 nitrogen and oxygen atoms in total. The number of carbonyl (C=O) groups excluding carboxylic acids is 2. The summed E-state index contributed by atoms with van der Waals surface area (Å²) in [5, 5.41) is 12.9. The third-order valence-electron chi connectivity index (χ3n) is 4.25. The van der Waals surface area contributed by atoms with E-state index in [0.29, 0.717) is 51.3 Å². The van der Waals surface area contributed by atoms with Gasteiger partial charge < -0.3 is 20.1 Å². The van der Waals surface area contributed by atoms with Gasteiger partial charge in [-0.15, -0.1) is 0 Å². The Hall–Kier alpha value is -2.64. The van der Waals surface area contributed by atoms with Crippen LogP contribution >= 0.6 is 15.9 Å². The van der Waals surface area contributed by atoms with Gasteiger partial charge in [-0.05, 0) is 78.9 Å². The Morgan fingerprint density at radius 3 is 2.71 bits per heavy atom. The highest BCUT2D eigenvalue weighted by Crippen LogP contribution is 2.38. The van der Waals surface area contributed by atoms with Crippen molar-refractivity contribution in [3.8, 4) is 11.5 Å². The predicted molar refractivity (Wildman–Crippen MR) is 113 cm³/mol. The predicted octanol–water partition coefficient (Wildman–Crippen LogP) is 3.79. The second-order valence-corrected chi connectivity index (χ2v) is 7.57. The lowest BCUT2D eigenvalue weighted by Gasteiger charge is -2.10. The Morgan fingerprint density at radius 1 is 1.29 bits per heavy atom. The van der Waals surface area contributed by atoms with Gasteiger partial charge in [0.25, 0.3) is 5.91 Å². The molecule has 7 heteroatoms. The summed E-state index contributed by atoms with van der Waals surface area (Å²) in [6.45, 7) is 2.52. The van der Waals surface area contributed by atoms with E-state index in [1.54, 1.807) is 41.3 Å². The van der Waals surface area contributed by atoms with Gasteiger partial charge in [-0.2, -0.15) is 0 Å². The van der Waals surface area contributed by atoms with E-state index < -0.39 is 0 Å². The number of phenolic OH excluding ortho intramolecular Hbond substituents is 1. The van der Waals surface area contributed by atoms with Crippen LogP contribution in [0.1, 0.15) is 28.4 Å². The van der Waals surface area contributed by atoms with E-state index in [0.717, 1.165) is 0 Å². The number of aromatic hydroxyl groups is 1. The molecule has 0 unspecified atom stereocenters. The molecular formula is C21H21BrN2O4. The third kappa shape index (κ3) is 4.10. The quantitative estimate of drug-likeness (QED) is 0.523. The maximum absolute atomic E-state index is 12.5. The van der Waals surface area contributed by atoms with Crippen LogP contribution in [0.15, 0.2) is 34.8 Å². The molecule has 146 valence electrons. The van der Waals surface area contributed by atoms with Crippen molar-refractivity contribution in [2.75, 3.05) is 32.6 Å². The van der Waals surface area contributed by atoms with Crippen molar-refractivity contribution in [1.82, 2.24) is 4.90 Å². The molecule has 1 amide bonds. The molecule has 1 heterocycles. The summed E-state index contributed by atoms with van der Waals surface area (Å²) in [5.74, 6) is 0.0842. The number of ether oxygens (including phenoxy) is 1. The molecule has 2 aromatic carbocycles. The lowest BCUT2D eigenvalue weighted by Crippen LogP contribution is -2.21. The van der Waals surface area contributed by atoms with Gasteiger partial charge in [-0.25, -0.2) is 0 Å². The molecule has 1 aliphatic rings. The monoisotopic (exact) mass is 444 g/mol. The smallest absolute Gasteiger partial charge is 0.256 e. The number of halogens is 1. The van der Waals surface area contributed by atoms with Crippen molar-refractivity contribution >= 4 is 45.0 Å². The molecule has 0 bridgehead atoms. The van der Waals surface area contributed by atoms with Gasteiger partial charge in [0.2, 0.25) is 0 Å². The minimum absolute atomic E-state index is 0.0110. The number of Topliss-reactive ketones (excluding diaryl/α,β-unsaturated/α-hetero) is 1. The Kier molecular flexibility index (Phi) is 5.86. The van der Waals surface area contributed by atoms with Crippen LogP contribution in [0.5, 0.6) is 11.5 Å². The number of rotatable bonds is 6. The fourth-order valence-electron chi connectivity index (χ4n) is 2.99. The fourth-order valence-corrected chi connectivity index (χ4v) is 3.45. The maximum atomic E-state index is 12.5. The molecule has 0 saturated heterocycles. The minimum Gasteiger partial charge on any atom is -0.503 e. The topological polar surface area (TPSA) is 78.9 Å². The van der Waals surface area contributed by atoms with Crippen LogP contribution in [0.3, 0.4) is 0 Å². The van der Waals surface area contributed by atoms with E-state index in [1.807, 2.05) is 21.0 Å². The number of ketones is 1. The molecule has 0 spiro atoms. The summed E-state index contributed by atoms with van der Waals surface area (Å²) >= 11 is 3.31. The first-order chi connectivity index (χ1) is 13.3. The number of hydrogen-bond acceptors (Lipinski definition) is 5. The summed E-state index contributed by atoms with van der Waals surface area (Å²) in [5.41, 5.74) is 3.04. The number of carbonyl (C=O) groups is 2. The lowest BCUT2D eigenvalue weighted by atomic mass is 10.00. The van der Waals surface area contributed by atoms with Crippen LogP contribution in [0.25, 0.3) is 11.6 Å². The number of phenols is 1. The first-order valence-electron chi connectivity index (χ1n) is 8.81.